The smallest absolute Gasteiger partial charge is 0.282 e. The fourth-order valence-electron chi connectivity index (χ4n) is 3.81. The first-order valence-electron chi connectivity index (χ1n) is 12.5. The molecule has 0 aliphatic rings. The van der Waals surface area contributed by atoms with Crippen LogP contribution in [0.1, 0.15) is 39.2 Å². The Bertz CT molecular complexity index is 1070. The van der Waals surface area contributed by atoms with Crippen LogP contribution in [0.5, 0.6) is 5.75 Å². The lowest BCUT2D eigenvalue weighted by atomic mass is 9.72. The summed E-state index contributed by atoms with van der Waals surface area (Å²) in [5.74, 6) is 0.334. The molecule has 0 spiro atoms. The van der Waals surface area contributed by atoms with Crippen LogP contribution >= 0.6 is 0 Å². The molecule has 0 aromatic heterocycles. The molecule has 0 saturated heterocycles. The molecule has 2 aromatic carbocycles. The molecule has 0 radical (unpaired) electrons. The maximum absolute atomic E-state index is 13.4. The number of ether oxygens (including phenoxy) is 1. The summed E-state index contributed by atoms with van der Waals surface area (Å²) in [4.78, 5) is 10.3. The normalized spacial score (nSPS) is 13.5. The summed E-state index contributed by atoms with van der Waals surface area (Å²) in [5.41, 5.74) is 6.27. The summed E-state index contributed by atoms with van der Waals surface area (Å²) < 4.78 is 39.2. The molecule has 0 amide bonds. The molecule has 1 unspecified atom stereocenters. The van der Waals surface area contributed by atoms with Crippen LogP contribution < -0.4 is 10.5 Å². The van der Waals surface area contributed by atoms with Crippen molar-refractivity contribution in [1.29, 1.82) is 0 Å². The number of aliphatic hydroxyl groups excluding tert-OH is 1. The zero-order chi connectivity index (χ0) is 27.4. The van der Waals surface area contributed by atoms with Crippen LogP contribution in [0.4, 0.5) is 5.69 Å². The average Bonchev–Trinajstić information content (AvgIpc) is 2.86. The van der Waals surface area contributed by atoms with Crippen molar-refractivity contribution in [3.05, 3.63) is 64.2 Å². The topological polar surface area (TPSA) is 145 Å². The van der Waals surface area contributed by atoms with Gasteiger partial charge in [0.15, 0.2) is 0 Å². The Morgan fingerprint density at radius 1 is 1.11 bits per heavy atom. The monoisotopic (exact) mass is 535 g/mol. The van der Waals surface area contributed by atoms with E-state index in [1.54, 1.807) is 0 Å². The first kappa shape index (κ1) is 30.7. The number of non-ortho nitro benzene ring substituents is 1. The van der Waals surface area contributed by atoms with Gasteiger partial charge in [-0.05, 0) is 54.4 Å². The highest BCUT2D eigenvalue weighted by atomic mass is 32.2. The number of nitrogens with zero attached hydrogens (tertiary/aromatic N) is 2. The van der Waals surface area contributed by atoms with Crippen molar-refractivity contribution in [2.24, 2.45) is 11.7 Å². The molecular formula is C25H38BN3O7S. The van der Waals surface area contributed by atoms with Crippen LogP contribution in [-0.4, -0.2) is 62.8 Å². The van der Waals surface area contributed by atoms with E-state index in [4.69, 9.17) is 15.1 Å². The predicted molar refractivity (Wildman–Crippen MR) is 144 cm³/mol. The Kier molecular flexibility index (Phi) is 12.5. The summed E-state index contributed by atoms with van der Waals surface area (Å²) in [7, 11) is -3.86. The Morgan fingerprint density at radius 3 is 2.30 bits per heavy atom. The molecule has 37 heavy (non-hydrogen) atoms. The Labute approximate surface area is 220 Å². The standard InChI is InChI=1S/C25H38BN3O7S/c1-4-5-14-35-22-10-6-20(7-11-22)15-24(26-36-18-27)25(30)17-28(16-19(2)3)37(33,34)23-12-8-21(9-13-23)29(31)32/h6-13,19,24-26,30H,4-5,14-18,27H2,1-3H3/t24-,25?/m0/s1. The summed E-state index contributed by atoms with van der Waals surface area (Å²) in [6.07, 6.45) is 1.43. The summed E-state index contributed by atoms with van der Waals surface area (Å²) >= 11 is 0. The van der Waals surface area contributed by atoms with Gasteiger partial charge in [-0.15, -0.1) is 0 Å². The number of nitro benzene ring substituents is 1. The minimum absolute atomic E-state index is 0.0148. The molecule has 3 N–H and O–H groups in total. The molecule has 0 bridgehead atoms. The van der Waals surface area contributed by atoms with E-state index in [1.807, 2.05) is 38.1 Å². The van der Waals surface area contributed by atoms with E-state index in [9.17, 15) is 23.6 Å². The minimum atomic E-state index is -4.01. The fraction of sp³-hybridized carbons (Fsp3) is 0.520. The third-order valence-corrected chi connectivity index (χ3v) is 7.67. The lowest BCUT2D eigenvalue weighted by Gasteiger charge is -2.30. The maximum Gasteiger partial charge on any atom is 0.282 e. The molecule has 2 rings (SSSR count). The van der Waals surface area contributed by atoms with Gasteiger partial charge in [0.05, 0.1) is 29.3 Å². The molecule has 0 heterocycles. The van der Waals surface area contributed by atoms with Gasteiger partial charge in [-0.2, -0.15) is 4.31 Å². The van der Waals surface area contributed by atoms with Crippen molar-refractivity contribution >= 4 is 23.2 Å². The quantitative estimate of drug-likeness (QED) is 0.103. The number of aliphatic hydroxyl groups is 1. The van der Waals surface area contributed by atoms with Gasteiger partial charge in [0, 0.05) is 25.2 Å². The highest BCUT2D eigenvalue weighted by Gasteiger charge is 2.31. The van der Waals surface area contributed by atoms with E-state index >= 15 is 0 Å². The lowest BCUT2D eigenvalue weighted by Crippen LogP contribution is -2.42. The van der Waals surface area contributed by atoms with E-state index in [-0.39, 0.29) is 43.8 Å². The van der Waals surface area contributed by atoms with Crippen molar-refractivity contribution in [2.45, 2.75) is 56.9 Å². The highest BCUT2D eigenvalue weighted by molar-refractivity contribution is 7.89. The van der Waals surface area contributed by atoms with Crippen LogP contribution in [0.25, 0.3) is 0 Å². The Hall–Kier alpha value is -2.51. The van der Waals surface area contributed by atoms with Crippen LogP contribution in [-0.2, 0) is 21.1 Å². The Morgan fingerprint density at radius 2 is 1.76 bits per heavy atom. The third-order valence-electron chi connectivity index (χ3n) is 5.83. The second-order valence-electron chi connectivity index (χ2n) is 9.38. The van der Waals surface area contributed by atoms with Crippen LogP contribution in [0.2, 0.25) is 5.82 Å². The SMILES string of the molecule is CCCCOc1ccc(C[C@H](BOCN)C(O)CN(CC(C)C)S(=O)(=O)c2ccc([N+](=O)[O-])cc2)cc1. The number of nitro groups is 1. The van der Waals surface area contributed by atoms with Gasteiger partial charge >= 0.3 is 0 Å². The number of rotatable bonds is 17. The second-order valence-corrected chi connectivity index (χ2v) is 11.3. The van der Waals surface area contributed by atoms with Crippen molar-refractivity contribution in [3.8, 4) is 5.75 Å². The highest BCUT2D eigenvalue weighted by Crippen LogP contribution is 2.25. The van der Waals surface area contributed by atoms with E-state index < -0.39 is 26.9 Å². The summed E-state index contributed by atoms with van der Waals surface area (Å²) in [5, 5.41) is 22.1. The number of nitrogens with two attached hydrogens (primary N) is 1. The van der Waals surface area contributed by atoms with Gasteiger partial charge in [-0.25, -0.2) is 8.42 Å². The molecule has 12 heteroatoms. The van der Waals surface area contributed by atoms with Crippen LogP contribution in [0, 0.1) is 16.0 Å². The number of hydrogen-bond acceptors (Lipinski definition) is 8. The number of benzene rings is 2. The van der Waals surface area contributed by atoms with Gasteiger partial charge in [-0.1, -0.05) is 39.3 Å². The second kappa shape index (κ2) is 15.0. The molecule has 0 aliphatic carbocycles. The van der Waals surface area contributed by atoms with E-state index in [0.29, 0.717) is 13.0 Å². The van der Waals surface area contributed by atoms with Crippen molar-refractivity contribution in [3.63, 3.8) is 0 Å². The first-order chi connectivity index (χ1) is 17.6. The summed E-state index contributed by atoms with van der Waals surface area (Å²) in [6, 6.07) is 12.3. The Balaban J connectivity index is 2.20. The fourth-order valence-corrected chi connectivity index (χ4v) is 5.43. The predicted octanol–water partition coefficient (Wildman–Crippen LogP) is 3.10. The zero-order valence-electron chi connectivity index (χ0n) is 21.8. The zero-order valence-corrected chi connectivity index (χ0v) is 22.6. The lowest BCUT2D eigenvalue weighted by molar-refractivity contribution is -0.384. The molecule has 0 aliphatic heterocycles. The molecule has 10 nitrogen and oxygen atoms in total. The van der Waals surface area contributed by atoms with Gasteiger partial charge in [-0.3, -0.25) is 10.1 Å². The molecule has 0 fully saturated rings. The molecule has 0 saturated carbocycles. The van der Waals surface area contributed by atoms with Gasteiger partial charge < -0.3 is 20.2 Å². The van der Waals surface area contributed by atoms with Gasteiger partial charge in [0.2, 0.25) is 10.0 Å². The largest absolute Gasteiger partial charge is 0.494 e. The number of unbranched alkanes of at least 4 members (excludes halogenated alkanes) is 1. The minimum Gasteiger partial charge on any atom is -0.494 e. The van der Waals surface area contributed by atoms with Crippen LogP contribution in [0.3, 0.4) is 0 Å². The van der Waals surface area contributed by atoms with Crippen molar-refractivity contribution < 1.29 is 27.8 Å². The van der Waals surface area contributed by atoms with Crippen LogP contribution in [0.15, 0.2) is 53.4 Å². The summed E-state index contributed by atoms with van der Waals surface area (Å²) in [6.45, 7) is 6.49. The van der Waals surface area contributed by atoms with Gasteiger partial charge in [0.1, 0.15) is 5.75 Å². The van der Waals surface area contributed by atoms with Gasteiger partial charge in [0.25, 0.3) is 13.2 Å². The number of hydrogen-bond donors (Lipinski definition) is 2. The molecule has 2 aromatic rings. The van der Waals surface area contributed by atoms with E-state index in [0.717, 1.165) is 36.3 Å². The molecule has 204 valence electrons. The van der Waals surface area contributed by atoms with E-state index in [2.05, 4.69) is 6.92 Å². The average molecular weight is 535 g/mol. The maximum atomic E-state index is 13.4. The number of sulfonamides is 1. The van der Waals surface area contributed by atoms with Crippen molar-refractivity contribution in [1.82, 2.24) is 4.31 Å². The molecular weight excluding hydrogens is 497 g/mol. The van der Waals surface area contributed by atoms with E-state index in [1.165, 1.54) is 16.4 Å². The third kappa shape index (κ3) is 9.71. The molecule has 2 atom stereocenters. The van der Waals surface area contributed by atoms with Crippen molar-refractivity contribution in [2.75, 3.05) is 26.4 Å². The first-order valence-corrected chi connectivity index (χ1v) is 13.9.